The fourth-order valence-corrected chi connectivity index (χ4v) is 2.79. The van der Waals surface area contributed by atoms with E-state index in [2.05, 4.69) is 29.5 Å². The molecule has 0 fully saturated rings. The fourth-order valence-electron chi connectivity index (χ4n) is 2.79. The number of allylic oxidation sites excluding steroid dienone is 1. The van der Waals surface area contributed by atoms with Gasteiger partial charge in [-0.2, -0.15) is 5.26 Å². The second-order valence-corrected chi connectivity index (χ2v) is 5.76. The lowest BCUT2D eigenvalue weighted by Gasteiger charge is -2.06. The maximum atomic E-state index is 9.66. The predicted molar refractivity (Wildman–Crippen MR) is 101 cm³/mol. The molecule has 2 aromatic carbocycles. The molecule has 4 heteroatoms. The molecule has 0 N–H and O–H groups in total. The van der Waals surface area contributed by atoms with Gasteiger partial charge in [-0.3, -0.25) is 0 Å². The number of hydrogen-bond acceptors (Lipinski definition) is 3. The molecule has 0 saturated heterocycles. The standard InChI is InChI=1S/C21H21N3O/c1-3-13-25-18-11-9-16(10-12-18)14-17(15-22)21-23-19-7-5-6-8-20(19)24(21)4-2/h5-12,14H,3-4,13H2,1-2H3/b17-14-. The number of ether oxygens (including phenoxy) is 1. The second-order valence-electron chi connectivity index (χ2n) is 5.76. The van der Waals surface area contributed by atoms with E-state index in [9.17, 15) is 5.26 Å². The third kappa shape index (κ3) is 3.56. The van der Waals surface area contributed by atoms with E-state index in [1.54, 1.807) is 0 Å². The smallest absolute Gasteiger partial charge is 0.151 e. The molecule has 0 radical (unpaired) electrons. The van der Waals surface area contributed by atoms with Crippen molar-refractivity contribution in [2.24, 2.45) is 0 Å². The number of aryl methyl sites for hydroxylation is 1. The van der Waals surface area contributed by atoms with Crippen molar-refractivity contribution in [2.75, 3.05) is 6.61 Å². The van der Waals surface area contributed by atoms with Crippen LogP contribution in [0.15, 0.2) is 48.5 Å². The average molecular weight is 331 g/mol. The lowest BCUT2D eigenvalue weighted by atomic mass is 10.1. The Bertz CT molecular complexity index is 930. The van der Waals surface area contributed by atoms with E-state index in [1.807, 2.05) is 54.6 Å². The molecule has 25 heavy (non-hydrogen) atoms. The van der Waals surface area contributed by atoms with Gasteiger partial charge in [0.2, 0.25) is 0 Å². The van der Waals surface area contributed by atoms with Gasteiger partial charge in [-0.1, -0.05) is 31.2 Å². The van der Waals surface area contributed by atoms with Crippen LogP contribution in [0.5, 0.6) is 5.75 Å². The first-order chi connectivity index (χ1) is 12.3. The van der Waals surface area contributed by atoms with E-state index in [0.717, 1.165) is 35.3 Å². The summed E-state index contributed by atoms with van der Waals surface area (Å²) in [6.07, 6.45) is 2.85. The highest BCUT2D eigenvalue weighted by atomic mass is 16.5. The molecular formula is C21H21N3O. The molecule has 126 valence electrons. The Balaban J connectivity index is 1.97. The summed E-state index contributed by atoms with van der Waals surface area (Å²) in [6, 6.07) is 18.0. The highest BCUT2D eigenvalue weighted by Gasteiger charge is 2.13. The van der Waals surface area contributed by atoms with Gasteiger partial charge in [-0.15, -0.1) is 0 Å². The molecule has 3 aromatic rings. The number of fused-ring (bicyclic) bond motifs is 1. The fraction of sp³-hybridized carbons (Fsp3) is 0.238. The van der Waals surface area contributed by atoms with Crippen molar-refractivity contribution in [1.29, 1.82) is 5.26 Å². The minimum atomic E-state index is 0.556. The second kappa shape index (κ2) is 7.67. The lowest BCUT2D eigenvalue weighted by Crippen LogP contribution is -2.00. The summed E-state index contributed by atoms with van der Waals surface area (Å²) < 4.78 is 7.67. The minimum absolute atomic E-state index is 0.556. The van der Waals surface area contributed by atoms with Crippen molar-refractivity contribution in [3.63, 3.8) is 0 Å². The number of benzene rings is 2. The molecule has 0 amide bonds. The summed E-state index contributed by atoms with van der Waals surface area (Å²) in [5.74, 6) is 1.55. The lowest BCUT2D eigenvalue weighted by molar-refractivity contribution is 0.317. The van der Waals surface area contributed by atoms with Crippen LogP contribution in [0.1, 0.15) is 31.7 Å². The topological polar surface area (TPSA) is 50.8 Å². The number of nitrogens with zero attached hydrogens (tertiary/aromatic N) is 3. The molecule has 0 bridgehead atoms. The summed E-state index contributed by atoms with van der Waals surface area (Å²) in [7, 11) is 0. The number of para-hydroxylation sites is 2. The molecule has 0 aliphatic rings. The van der Waals surface area contributed by atoms with Crippen LogP contribution in [0.2, 0.25) is 0 Å². The molecule has 0 saturated carbocycles. The van der Waals surface area contributed by atoms with Crippen LogP contribution < -0.4 is 4.74 Å². The van der Waals surface area contributed by atoms with Crippen LogP contribution in [0.3, 0.4) is 0 Å². The average Bonchev–Trinajstić information content (AvgIpc) is 3.03. The van der Waals surface area contributed by atoms with Gasteiger partial charge in [0.15, 0.2) is 5.82 Å². The maximum absolute atomic E-state index is 9.66. The Morgan fingerprint density at radius 3 is 2.60 bits per heavy atom. The highest BCUT2D eigenvalue weighted by Crippen LogP contribution is 2.24. The van der Waals surface area contributed by atoms with Crippen LogP contribution in [-0.4, -0.2) is 16.2 Å². The summed E-state index contributed by atoms with van der Waals surface area (Å²) in [5, 5.41) is 9.66. The number of aromatic nitrogens is 2. The van der Waals surface area contributed by atoms with Crippen LogP contribution >= 0.6 is 0 Å². The van der Waals surface area contributed by atoms with Gasteiger partial charge < -0.3 is 9.30 Å². The largest absolute Gasteiger partial charge is 0.494 e. The van der Waals surface area contributed by atoms with Crippen molar-refractivity contribution < 1.29 is 4.74 Å². The Hall–Kier alpha value is -3.06. The molecule has 1 heterocycles. The van der Waals surface area contributed by atoms with Crippen LogP contribution in [-0.2, 0) is 6.54 Å². The number of nitriles is 1. The Morgan fingerprint density at radius 1 is 1.16 bits per heavy atom. The van der Waals surface area contributed by atoms with Gasteiger partial charge >= 0.3 is 0 Å². The monoisotopic (exact) mass is 331 g/mol. The SMILES string of the molecule is CCCOc1ccc(/C=C(/C#N)c2nc3ccccc3n2CC)cc1. The summed E-state index contributed by atoms with van der Waals surface area (Å²) >= 11 is 0. The van der Waals surface area contributed by atoms with Crippen molar-refractivity contribution >= 4 is 22.7 Å². The van der Waals surface area contributed by atoms with E-state index in [0.29, 0.717) is 18.0 Å². The number of hydrogen-bond donors (Lipinski definition) is 0. The van der Waals surface area contributed by atoms with Crippen molar-refractivity contribution in [3.05, 3.63) is 59.9 Å². The van der Waals surface area contributed by atoms with E-state index in [4.69, 9.17) is 4.74 Å². The summed E-state index contributed by atoms with van der Waals surface area (Å²) in [6.45, 7) is 5.61. The van der Waals surface area contributed by atoms with E-state index < -0.39 is 0 Å². The highest BCUT2D eigenvalue weighted by molar-refractivity contribution is 5.90. The van der Waals surface area contributed by atoms with E-state index >= 15 is 0 Å². The number of imidazole rings is 1. The van der Waals surface area contributed by atoms with Gasteiger partial charge in [0.1, 0.15) is 11.8 Å². The Morgan fingerprint density at radius 2 is 1.92 bits per heavy atom. The van der Waals surface area contributed by atoms with Crippen molar-refractivity contribution in [1.82, 2.24) is 9.55 Å². The van der Waals surface area contributed by atoms with Crippen molar-refractivity contribution in [3.8, 4) is 11.8 Å². The minimum Gasteiger partial charge on any atom is -0.494 e. The first-order valence-corrected chi connectivity index (χ1v) is 8.57. The molecule has 4 nitrogen and oxygen atoms in total. The summed E-state index contributed by atoms with van der Waals surface area (Å²) in [4.78, 5) is 4.66. The van der Waals surface area contributed by atoms with Crippen LogP contribution in [0.25, 0.3) is 22.7 Å². The Labute approximate surface area is 148 Å². The van der Waals surface area contributed by atoms with E-state index in [1.165, 1.54) is 0 Å². The van der Waals surface area contributed by atoms with E-state index in [-0.39, 0.29) is 0 Å². The first kappa shape index (κ1) is 16.8. The quantitative estimate of drug-likeness (QED) is 0.603. The van der Waals surface area contributed by atoms with Gasteiger partial charge in [-0.25, -0.2) is 4.98 Å². The predicted octanol–water partition coefficient (Wildman–Crippen LogP) is 4.91. The molecule has 0 unspecified atom stereocenters. The zero-order valence-electron chi connectivity index (χ0n) is 14.6. The molecule has 3 rings (SSSR count). The van der Waals surface area contributed by atoms with Crippen LogP contribution in [0, 0.1) is 11.3 Å². The zero-order chi connectivity index (χ0) is 17.6. The molecule has 1 aromatic heterocycles. The van der Waals surface area contributed by atoms with Crippen molar-refractivity contribution in [2.45, 2.75) is 26.8 Å². The van der Waals surface area contributed by atoms with Crippen LogP contribution in [0.4, 0.5) is 0 Å². The normalized spacial score (nSPS) is 11.5. The van der Waals surface area contributed by atoms with Gasteiger partial charge in [0.25, 0.3) is 0 Å². The molecule has 0 aliphatic heterocycles. The van der Waals surface area contributed by atoms with Gasteiger partial charge in [0.05, 0.1) is 23.2 Å². The number of rotatable bonds is 6. The molecule has 0 atom stereocenters. The third-order valence-corrected chi connectivity index (χ3v) is 4.00. The molecule has 0 aliphatic carbocycles. The first-order valence-electron chi connectivity index (χ1n) is 8.57. The molecule has 0 spiro atoms. The Kier molecular flexibility index (Phi) is 5.15. The summed E-state index contributed by atoms with van der Waals surface area (Å²) in [5.41, 5.74) is 3.46. The molecular weight excluding hydrogens is 310 g/mol. The zero-order valence-corrected chi connectivity index (χ0v) is 14.6. The van der Waals surface area contributed by atoms with Gasteiger partial charge in [0, 0.05) is 6.54 Å². The maximum Gasteiger partial charge on any atom is 0.151 e. The van der Waals surface area contributed by atoms with Gasteiger partial charge in [-0.05, 0) is 49.2 Å². The third-order valence-electron chi connectivity index (χ3n) is 4.00.